The number of ether oxygens (including phenoxy) is 2. The van der Waals surface area contributed by atoms with Crippen molar-refractivity contribution in [1.29, 1.82) is 0 Å². The number of aliphatic hydroxyl groups is 1. The molecule has 23 heavy (non-hydrogen) atoms. The van der Waals surface area contributed by atoms with E-state index in [0.717, 1.165) is 11.0 Å². The van der Waals surface area contributed by atoms with E-state index in [1.165, 1.54) is 26.4 Å². The van der Waals surface area contributed by atoms with Crippen molar-refractivity contribution in [1.82, 2.24) is 4.90 Å². The summed E-state index contributed by atoms with van der Waals surface area (Å²) < 4.78 is 9.77. The van der Waals surface area contributed by atoms with Crippen LogP contribution in [0.25, 0.3) is 0 Å². The average Bonchev–Trinajstić information content (AvgIpc) is 2.82. The van der Waals surface area contributed by atoms with E-state index >= 15 is 0 Å². The van der Waals surface area contributed by atoms with Crippen LogP contribution in [0.4, 0.5) is 5.69 Å². The van der Waals surface area contributed by atoms with Crippen LogP contribution in [-0.4, -0.2) is 55.2 Å². The molecule has 0 unspecified atom stereocenters. The number of imide groups is 1. The van der Waals surface area contributed by atoms with Gasteiger partial charge in [0.2, 0.25) is 0 Å². The first-order chi connectivity index (χ1) is 11.0. The molecule has 0 atom stereocenters. The Hall–Kier alpha value is -2.87. The molecule has 2 amide bonds. The van der Waals surface area contributed by atoms with Gasteiger partial charge in [-0.3, -0.25) is 14.5 Å². The number of nitrogens with one attached hydrogen (secondary N) is 1. The van der Waals surface area contributed by atoms with Gasteiger partial charge in [0.1, 0.15) is 17.0 Å². The van der Waals surface area contributed by atoms with Crippen molar-refractivity contribution in [2.75, 3.05) is 32.7 Å². The number of anilines is 1. The van der Waals surface area contributed by atoms with E-state index < -0.39 is 17.8 Å². The summed E-state index contributed by atoms with van der Waals surface area (Å²) in [7, 11) is 2.66. The lowest BCUT2D eigenvalue weighted by Gasteiger charge is -2.14. The lowest BCUT2D eigenvalue weighted by molar-refractivity contribution is -0.137. The highest BCUT2D eigenvalue weighted by atomic mass is 16.5. The van der Waals surface area contributed by atoms with Crippen molar-refractivity contribution < 1.29 is 29.0 Å². The molecule has 1 aromatic carbocycles. The number of β-amino-alcohol motifs (C(OH)–C–C–N with tert-alkyl or cyclic N) is 1. The Bertz CT molecular complexity index is 683. The summed E-state index contributed by atoms with van der Waals surface area (Å²) in [6.45, 7) is -0.371. The van der Waals surface area contributed by atoms with E-state index in [-0.39, 0.29) is 30.2 Å². The van der Waals surface area contributed by atoms with E-state index in [1.807, 2.05) is 0 Å². The van der Waals surface area contributed by atoms with Crippen LogP contribution in [0.2, 0.25) is 0 Å². The minimum absolute atomic E-state index is 0.0655. The predicted molar refractivity (Wildman–Crippen MR) is 79.8 cm³/mol. The Morgan fingerprint density at radius 3 is 2.65 bits per heavy atom. The number of rotatable bonds is 6. The normalized spacial score (nSPS) is 13.9. The third-order valence-electron chi connectivity index (χ3n) is 3.22. The number of esters is 1. The minimum Gasteiger partial charge on any atom is -0.496 e. The van der Waals surface area contributed by atoms with Crippen LogP contribution in [0.3, 0.4) is 0 Å². The molecule has 1 heterocycles. The van der Waals surface area contributed by atoms with Crippen molar-refractivity contribution >= 4 is 23.5 Å². The summed E-state index contributed by atoms with van der Waals surface area (Å²) in [4.78, 5) is 36.2. The van der Waals surface area contributed by atoms with Gasteiger partial charge in [-0.05, 0) is 12.1 Å². The van der Waals surface area contributed by atoms with Gasteiger partial charge in [0.05, 0.1) is 27.4 Å². The molecule has 1 aromatic rings. The molecule has 122 valence electrons. The number of carbonyl (C=O) groups is 3. The highest BCUT2D eigenvalue weighted by Crippen LogP contribution is 2.25. The Kier molecular flexibility index (Phi) is 4.97. The Labute approximate surface area is 132 Å². The third kappa shape index (κ3) is 3.32. The van der Waals surface area contributed by atoms with Gasteiger partial charge in [-0.25, -0.2) is 4.79 Å². The zero-order valence-corrected chi connectivity index (χ0v) is 12.7. The first kappa shape index (κ1) is 16.5. The van der Waals surface area contributed by atoms with E-state index in [1.54, 1.807) is 6.07 Å². The lowest BCUT2D eigenvalue weighted by atomic mass is 10.1. The minimum atomic E-state index is -0.547. The maximum Gasteiger partial charge on any atom is 0.341 e. The SMILES string of the molecule is COC(=O)c1ccc(NC2=CC(=O)N(CCO)C2=O)cc1OC. The van der Waals surface area contributed by atoms with E-state index in [0.29, 0.717) is 5.69 Å². The number of carbonyl (C=O) groups excluding carboxylic acids is 3. The Balaban J connectivity index is 2.21. The Morgan fingerprint density at radius 2 is 2.04 bits per heavy atom. The predicted octanol–water partition coefficient (Wildman–Crippen LogP) is 0.139. The number of aliphatic hydroxyl groups excluding tert-OH is 1. The van der Waals surface area contributed by atoms with Crippen molar-refractivity contribution in [3.63, 3.8) is 0 Å². The van der Waals surface area contributed by atoms with Gasteiger partial charge in [-0.15, -0.1) is 0 Å². The number of amides is 2. The fraction of sp³-hybridized carbons (Fsp3) is 0.267. The summed E-state index contributed by atoms with van der Waals surface area (Å²) in [5.41, 5.74) is 0.786. The zero-order valence-electron chi connectivity index (χ0n) is 12.7. The smallest absolute Gasteiger partial charge is 0.341 e. The lowest BCUT2D eigenvalue weighted by Crippen LogP contribution is -2.34. The van der Waals surface area contributed by atoms with E-state index in [2.05, 4.69) is 10.1 Å². The third-order valence-corrected chi connectivity index (χ3v) is 3.22. The van der Waals surface area contributed by atoms with Crippen LogP contribution in [-0.2, 0) is 14.3 Å². The van der Waals surface area contributed by atoms with Crippen LogP contribution in [0.1, 0.15) is 10.4 Å². The van der Waals surface area contributed by atoms with Gasteiger partial charge in [-0.1, -0.05) is 0 Å². The second-order valence-electron chi connectivity index (χ2n) is 4.61. The van der Waals surface area contributed by atoms with E-state index in [4.69, 9.17) is 9.84 Å². The van der Waals surface area contributed by atoms with E-state index in [9.17, 15) is 14.4 Å². The number of hydrogen-bond acceptors (Lipinski definition) is 7. The molecule has 0 saturated heterocycles. The summed E-state index contributed by atoms with van der Waals surface area (Å²) in [6, 6.07) is 4.56. The Morgan fingerprint density at radius 1 is 1.30 bits per heavy atom. The van der Waals surface area contributed by atoms with Crippen molar-refractivity contribution in [2.45, 2.75) is 0 Å². The molecule has 8 heteroatoms. The molecule has 0 aliphatic carbocycles. The summed E-state index contributed by atoms with van der Waals surface area (Å²) in [6.07, 6.45) is 1.15. The molecular formula is C15H16N2O6. The fourth-order valence-electron chi connectivity index (χ4n) is 2.11. The second-order valence-corrected chi connectivity index (χ2v) is 4.61. The maximum absolute atomic E-state index is 12.0. The van der Waals surface area contributed by atoms with Crippen LogP contribution in [0.15, 0.2) is 30.0 Å². The molecule has 2 rings (SSSR count). The molecule has 0 saturated carbocycles. The molecule has 1 aliphatic rings. The largest absolute Gasteiger partial charge is 0.496 e. The van der Waals surface area contributed by atoms with Gasteiger partial charge in [0, 0.05) is 17.8 Å². The summed E-state index contributed by atoms with van der Waals surface area (Å²) in [5.74, 6) is -1.30. The van der Waals surface area contributed by atoms with Crippen LogP contribution < -0.4 is 10.1 Å². The van der Waals surface area contributed by atoms with Gasteiger partial charge < -0.3 is 19.9 Å². The van der Waals surface area contributed by atoms with Gasteiger partial charge >= 0.3 is 5.97 Å². The topological polar surface area (TPSA) is 105 Å². The van der Waals surface area contributed by atoms with Gasteiger partial charge in [-0.2, -0.15) is 0 Å². The average molecular weight is 320 g/mol. The second kappa shape index (κ2) is 6.93. The molecule has 0 bridgehead atoms. The maximum atomic E-state index is 12.0. The molecule has 0 radical (unpaired) electrons. The van der Waals surface area contributed by atoms with Crippen molar-refractivity contribution in [2.24, 2.45) is 0 Å². The molecule has 0 spiro atoms. The number of methoxy groups -OCH3 is 2. The standard InChI is InChI=1S/C15H16N2O6/c1-22-12-7-9(3-4-10(12)15(21)23-2)16-11-8-13(19)17(5-6-18)14(11)20/h3-4,7-8,16,18H,5-6H2,1-2H3. The molecular weight excluding hydrogens is 304 g/mol. The van der Waals surface area contributed by atoms with Crippen LogP contribution in [0.5, 0.6) is 5.75 Å². The van der Waals surface area contributed by atoms with Crippen LogP contribution in [0, 0.1) is 0 Å². The fourth-order valence-corrected chi connectivity index (χ4v) is 2.11. The number of hydrogen-bond donors (Lipinski definition) is 2. The highest BCUT2D eigenvalue weighted by Gasteiger charge is 2.30. The van der Waals surface area contributed by atoms with Crippen molar-refractivity contribution in [3.8, 4) is 5.75 Å². The first-order valence-corrected chi connectivity index (χ1v) is 6.73. The summed E-state index contributed by atoms with van der Waals surface area (Å²) >= 11 is 0. The molecule has 8 nitrogen and oxygen atoms in total. The summed E-state index contributed by atoms with van der Waals surface area (Å²) in [5, 5.41) is 11.7. The highest BCUT2D eigenvalue weighted by molar-refractivity contribution is 6.17. The zero-order chi connectivity index (χ0) is 17.0. The number of nitrogens with zero attached hydrogens (tertiary/aromatic N) is 1. The van der Waals surface area contributed by atoms with Crippen LogP contribution >= 0.6 is 0 Å². The molecule has 1 aliphatic heterocycles. The van der Waals surface area contributed by atoms with Gasteiger partial charge in [0.15, 0.2) is 0 Å². The van der Waals surface area contributed by atoms with Crippen molar-refractivity contribution in [3.05, 3.63) is 35.5 Å². The monoisotopic (exact) mass is 320 g/mol. The molecule has 2 N–H and O–H groups in total. The number of benzene rings is 1. The molecule has 0 fully saturated rings. The first-order valence-electron chi connectivity index (χ1n) is 6.73. The van der Waals surface area contributed by atoms with Gasteiger partial charge in [0.25, 0.3) is 11.8 Å². The molecule has 0 aromatic heterocycles. The quantitative estimate of drug-likeness (QED) is 0.567.